The van der Waals surface area contributed by atoms with Crippen molar-refractivity contribution in [3.8, 4) is 5.75 Å². The lowest BCUT2D eigenvalue weighted by Crippen LogP contribution is -2.27. The summed E-state index contributed by atoms with van der Waals surface area (Å²) in [5.74, 6) is 0.252. The van der Waals surface area contributed by atoms with Crippen LogP contribution in [0.4, 0.5) is 0 Å². The predicted molar refractivity (Wildman–Crippen MR) is 184 cm³/mol. The minimum atomic E-state index is -1.04. The number of hydrogen-bond acceptors (Lipinski definition) is 4. The summed E-state index contributed by atoms with van der Waals surface area (Å²) in [5, 5.41) is 10.9. The third-order valence-electron chi connectivity index (χ3n) is 9.06. The average Bonchev–Trinajstić information content (AvgIpc) is 3.02. The van der Waals surface area contributed by atoms with Gasteiger partial charge in [-0.15, -0.1) is 0 Å². The predicted octanol–water partition coefficient (Wildman–Crippen LogP) is 12.4. The molecule has 1 N–H and O–H groups in total. The molecule has 1 rings (SSSR count). The van der Waals surface area contributed by atoms with E-state index in [1.165, 1.54) is 148 Å². The van der Waals surface area contributed by atoms with Gasteiger partial charge in [-0.3, -0.25) is 0 Å². The molecule has 1 unspecified atom stereocenters. The van der Waals surface area contributed by atoms with Crippen LogP contribution in [-0.4, -0.2) is 24.5 Å². The van der Waals surface area contributed by atoms with Crippen molar-refractivity contribution < 1.29 is 19.4 Å². The molecule has 43 heavy (non-hydrogen) atoms. The highest BCUT2D eigenvalue weighted by molar-refractivity contribution is 5.89. The van der Waals surface area contributed by atoms with E-state index in [0.717, 1.165) is 25.7 Å². The Balaban J connectivity index is 2.31. The number of rotatable bonds is 31. The van der Waals surface area contributed by atoms with Crippen molar-refractivity contribution in [1.29, 1.82) is 0 Å². The largest absolute Gasteiger partial charge is 0.497 e. The topological polar surface area (TPSA) is 55.8 Å². The third-order valence-corrected chi connectivity index (χ3v) is 9.06. The molecule has 0 aliphatic rings. The zero-order valence-electron chi connectivity index (χ0n) is 28.7. The first-order chi connectivity index (χ1) is 21.1. The number of hydrogen-bond donors (Lipinski definition) is 1. The van der Waals surface area contributed by atoms with Gasteiger partial charge in [-0.1, -0.05) is 174 Å². The molecule has 0 aliphatic carbocycles. The quantitative estimate of drug-likeness (QED) is 0.0522. The first kappa shape index (κ1) is 39.5. The highest BCUT2D eigenvalue weighted by Crippen LogP contribution is 2.25. The Morgan fingerprint density at radius 2 is 0.884 bits per heavy atom. The molecule has 0 aliphatic heterocycles. The monoisotopic (exact) mass is 603 g/mol. The number of benzene rings is 1. The molecule has 4 nitrogen and oxygen atoms in total. The average molecular weight is 603 g/mol. The second kappa shape index (κ2) is 29.2. The van der Waals surface area contributed by atoms with Crippen molar-refractivity contribution in [3.63, 3.8) is 0 Å². The summed E-state index contributed by atoms with van der Waals surface area (Å²) in [6, 6.07) is 6.89. The molecule has 0 amide bonds. The third kappa shape index (κ3) is 22.6. The maximum absolute atomic E-state index is 12.7. The fourth-order valence-electron chi connectivity index (χ4n) is 6.10. The lowest BCUT2D eigenvalue weighted by Gasteiger charge is -2.23. The van der Waals surface area contributed by atoms with Crippen molar-refractivity contribution in [2.75, 3.05) is 7.11 Å². The number of aliphatic hydroxyl groups is 1. The van der Waals surface area contributed by atoms with Crippen LogP contribution in [0.2, 0.25) is 0 Å². The van der Waals surface area contributed by atoms with Crippen LogP contribution in [-0.2, 0) is 4.74 Å². The number of methoxy groups -OCH3 is 1. The van der Waals surface area contributed by atoms with E-state index < -0.39 is 12.3 Å². The van der Waals surface area contributed by atoms with Crippen LogP contribution in [0.25, 0.3) is 0 Å². The van der Waals surface area contributed by atoms with E-state index in [1.807, 2.05) is 0 Å². The highest BCUT2D eigenvalue weighted by atomic mass is 16.6. The van der Waals surface area contributed by atoms with Gasteiger partial charge in [-0.2, -0.15) is 0 Å². The van der Waals surface area contributed by atoms with Crippen LogP contribution in [0, 0.1) is 5.92 Å². The molecule has 1 aromatic rings. The Hall–Kier alpha value is -1.55. The summed E-state index contributed by atoms with van der Waals surface area (Å²) in [5.41, 5.74) is 0.449. The van der Waals surface area contributed by atoms with Gasteiger partial charge in [0.05, 0.1) is 12.7 Å². The zero-order valence-corrected chi connectivity index (χ0v) is 28.7. The Morgan fingerprint density at radius 3 is 1.21 bits per heavy atom. The lowest BCUT2D eigenvalue weighted by atomic mass is 9.93. The van der Waals surface area contributed by atoms with Crippen molar-refractivity contribution in [2.45, 2.75) is 193 Å². The number of ether oxygens (including phenoxy) is 2. The van der Waals surface area contributed by atoms with E-state index in [0.29, 0.717) is 11.3 Å². The second-order valence-corrected chi connectivity index (χ2v) is 13.0. The molecule has 250 valence electrons. The fraction of sp³-hybridized carbons (Fsp3) is 0.821. The summed E-state index contributed by atoms with van der Waals surface area (Å²) >= 11 is 0. The van der Waals surface area contributed by atoms with Crippen LogP contribution >= 0.6 is 0 Å². The van der Waals surface area contributed by atoms with Gasteiger partial charge in [0.2, 0.25) is 6.29 Å². The molecular weight excluding hydrogens is 532 g/mol. The molecule has 0 bridgehead atoms. The summed E-state index contributed by atoms with van der Waals surface area (Å²) in [6.07, 6.45) is 34.0. The highest BCUT2D eigenvalue weighted by Gasteiger charge is 2.23. The molecule has 0 spiro atoms. The summed E-state index contributed by atoms with van der Waals surface area (Å²) < 4.78 is 10.8. The van der Waals surface area contributed by atoms with E-state index >= 15 is 0 Å². The van der Waals surface area contributed by atoms with Gasteiger partial charge in [-0.25, -0.2) is 4.79 Å². The van der Waals surface area contributed by atoms with E-state index in [-0.39, 0.29) is 5.92 Å². The molecular formula is C39H70O4. The lowest BCUT2D eigenvalue weighted by molar-refractivity contribution is -0.103. The molecule has 0 aromatic heterocycles. The summed E-state index contributed by atoms with van der Waals surface area (Å²) in [4.78, 5) is 12.7. The van der Waals surface area contributed by atoms with Gasteiger partial charge in [0.25, 0.3) is 0 Å². The van der Waals surface area contributed by atoms with Crippen molar-refractivity contribution in [2.24, 2.45) is 5.92 Å². The fourth-order valence-corrected chi connectivity index (χ4v) is 6.10. The summed E-state index contributed by atoms with van der Waals surface area (Å²) in [7, 11) is 1.60. The normalized spacial score (nSPS) is 12.7. The summed E-state index contributed by atoms with van der Waals surface area (Å²) in [6.45, 7) is 4.55. The molecule has 2 atom stereocenters. The zero-order chi connectivity index (χ0) is 31.2. The Kier molecular flexibility index (Phi) is 26.8. The van der Waals surface area contributed by atoms with E-state index in [1.54, 1.807) is 31.4 Å². The van der Waals surface area contributed by atoms with Crippen molar-refractivity contribution in [3.05, 3.63) is 29.8 Å². The van der Waals surface area contributed by atoms with Crippen LogP contribution in [0.3, 0.4) is 0 Å². The van der Waals surface area contributed by atoms with E-state index in [2.05, 4.69) is 13.8 Å². The molecule has 1 aromatic carbocycles. The van der Waals surface area contributed by atoms with Crippen LogP contribution in [0.1, 0.15) is 198 Å². The van der Waals surface area contributed by atoms with Gasteiger partial charge in [-0.05, 0) is 37.1 Å². The van der Waals surface area contributed by atoms with Gasteiger partial charge < -0.3 is 14.6 Å². The Bertz CT molecular complexity index is 731. The number of esters is 1. The molecule has 0 radical (unpaired) electrons. The number of carbonyl (C=O) groups is 1. The smallest absolute Gasteiger partial charge is 0.340 e. The number of carbonyl (C=O) groups excluding carboxylic acids is 1. The Morgan fingerprint density at radius 1 is 0.558 bits per heavy atom. The standard InChI is InChI=1S/C39H70O4/c1-4-6-8-10-12-14-16-18-20-22-24-26-28-30-35(29-27-25-23-21-19-17-15-13-11-9-7-5-2)38(40)43-39(41)36-31-33-37(42-3)34-32-36/h31-35,38,40H,4-30H2,1-3H3/t35?,38-/m1/s1. The maximum Gasteiger partial charge on any atom is 0.340 e. The van der Waals surface area contributed by atoms with Crippen molar-refractivity contribution in [1.82, 2.24) is 0 Å². The molecule has 0 saturated carbocycles. The van der Waals surface area contributed by atoms with Gasteiger partial charge in [0.15, 0.2) is 0 Å². The van der Waals surface area contributed by atoms with Gasteiger partial charge >= 0.3 is 5.97 Å². The van der Waals surface area contributed by atoms with Crippen LogP contribution < -0.4 is 4.74 Å². The minimum absolute atomic E-state index is 0.0121. The Labute approximate surface area is 267 Å². The van der Waals surface area contributed by atoms with E-state index in [9.17, 15) is 9.90 Å². The number of aliphatic hydroxyl groups excluding tert-OH is 1. The van der Waals surface area contributed by atoms with Crippen LogP contribution in [0.5, 0.6) is 5.75 Å². The molecule has 0 fully saturated rings. The van der Waals surface area contributed by atoms with Gasteiger partial charge in [0.1, 0.15) is 5.75 Å². The molecule has 4 heteroatoms. The van der Waals surface area contributed by atoms with Crippen molar-refractivity contribution >= 4 is 5.97 Å². The SMILES string of the molecule is CCCCCCCCCCCCCCCC(CCCCCCCCCCCCCC)[C@H](O)OC(=O)c1ccc(OC)cc1. The first-order valence-electron chi connectivity index (χ1n) is 18.6. The van der Waals surface area contributed by atoms with Gasteiger partial charge in [0, 0.05) is 5.92 Å². The second-order valence-electron chi connectivity index (χ2n) is 13.0. The first-order valence-corrected chi connectivity index (χ1v) is 18.6. The minimum Gasteiger partial charge on any atom is -0.497 e. The van der Waals surface area contributed by atoms with E-state index in [4.69, 9.17) is 9.47 Å². The molecule has 0 saturated heterocycles. The number of unbranched alkanes of at least 4 members (excludes halogenated alkanes) is 23. The molecule has 0 heterocycles. The maximum atomic E-state index is 12.7. The van der Waals surface area contributed by atoms with Crippen LogP contribution in [0.15, 0.2) is 24.3 Å².